The minimum atomic E-state index is -0.252. The van der Waals surface area contributed by atoms with E-state index in [0.717, 1.165) is 32.4 Å². The van der Waals surface area contributed by atoms with Crippen LogP contribution in [0.4, 0.5) is 0 Å². The summed E-state index contributed by atoms with van der Waals surface area (Å²) in [5.74, 6) is -0.0637. The van der Waals surface area contributed by atoms with Crippen LogP contribution in [0.5, 0.6) is 0 Å². The molecule has 1 aliphatic heterocycles. The first-order valence-corrected chi connectivity index (χ1v) is 4.48. The lowest BCUT2D eigenvalue weighted by Gasteiger charge is -2.23. The van der Waals surface area contributed by atoms with E-state index in [9.17, 15) is 4.79 Å². The van der Waals surface area contributed by atoms with Crippen molar-refractivity contribution in [2.45, 2.75) is 26.2 Å². The smallest absolute Gasteiger partial charge is 0.311 e. The molecule has 0 aromatic carbocycles. The van der Waals surface area contributed by atoms with Gasteiger partial charge in [0.15, 0.2) is 0 Å². The number of rotatable bonds is 1. The summed E-state index contributed by atoms with van der Waals surface area (Å²) < 4.78 is 4.78. The van der Waals surface area contributed by atoms with Crippen LogP contribution in [0.25, 0.3) is 0 Å². The molecular weight excluding hydrogens is 190 g/mol. The standard InChI is InChI=1S/C9H17NO2.ClH/c1-9(8(11)12-2)4-3-6-10-7-5-9;/h10H,3-7H2,1-2H3;1H. The first-order valence-electron chi connectivity index (χ1n) is 4.48. The van der Waals surface area contributed by atoms with Crippen LogP contribution >= 0.6 is 12.4 Å². The zero-order valence-electron chi connectivity index (χ0n) is 8.26. The van der Waals surface area contributed by atoms with Gasteiger partial charge in [0.25, 0.3) is 0 Å². The van der Waals surface area contributed by atoms with Gasteiger partial charge in [0.1, 0.15) is 0 Å². The van der Waals surface area contributed by atoms with Gasteiger partial charge in [-0.25, -0.2) is 0 Å². The van der Waals surface area contributed by atoms with Crippen molar-refractivity contribution in [2.24, 2.45) is 5.41 Å². The number of hydrogen-bond acceptors (Lipinski definition) is 3. The Bertz CT molecular complexity index is 165. The van der Waals surface area contributed by atoms with Gasteiger partial charge in [-0.15, -0.1) is 12.4 Å². The molecule has 13 heavy (non-hydrogen) atoms. The topological polar surface area (TPSA) is 38.3 Å². The van der Waals surface area contributed by atoms with Gasteiger partial charge in [0.05, 0.1) is 12.5 Å². The molecular formula is C9H18ClNO2. The van der Waals surface area contributed by atoms with Crippen LogP contribution in [0.3, 0.4) is 0 Å². The first kappa shape index (κ1) is 12.7. The van der Waals surface area contributed by atoms with Crippen molar-refractivity contribution in [1.29, 1.82) is 0 Å². The van der Waals surface area contributed by atoms with Crippen LogP contribution in [0.1, 0.15) is 26.2 Å². The van der Waals surface area contributed by atoms with Crippen molar-refractivity contribution in [3.8, 4) is 0 Å². The number of nitrogens with one attached hydrogen (secondary N) is 1. The molecule has 0 aromatic rings. The molecule has 3 nitrogen and oxygen atoms in total. The summed E-state index contributed by atoms with van der Waals surface area (Å²) in [7, 11) is 1.46. The zero-order chi connectivity index (χ0) is 9.03. The van der Waals surface area contributed by atoms with Crippen molar-refractivity contribution >= 4 is 18.4 Å². The van der Waals surface area contributed by atoms with Crippen LogP contribution in [0.2, 0.25) is 0 Å². The second kappa shape index (κ2) is 5.45. The number of carbonyl (C=O) groups is 1. The molecule has 1 rings (SSSR count). The third-order valence-corrected chi connectivity index (χ3v) is 2.61. The maximum absolute atomic E-state index is 11.4. The second-order valence-electron chi connectivity index (χ2n) is 3.66. The van der Waals surface area contributed by atoms with Gasteiger partial charge >= 0.3 is 5.97 Å². The van der Waals surface area contributed by atoms with E-state index in [1.807, 2.05) is 6.92 Å². The first-order chi connectivity index (χ1) is 5.69. The summed E-state index contributed by atoms with van der Waals surface area (Å²) in [6, 6.07) is 0. The van der Waals surface area contributed by atoms with Gasteiger partial charge < -0.3 is 10.1 Å². The highest BCUT2D eigenvalue weighted by atomic mass is 35.5. The van der Waals surface area contributed by atoms with Gasteiger partial charge in [-0.05, 0) is 39.3 Å². The monoisotopic (exact) mass is 207 g/mol. The van der Waals surface area contributed by atoms with Gasteiger partial charge in [-0.3, -0.25) is 4.79 Å². The fraction of sp³-hybridized carbons (Fsp3) is 0.889. The molecule has 0 saturated carbocycles. The van der Waals surface area contributed by atoms with E-state index in [1.54, 1.807) is 0 Å². The molecule has 1 heterocycles. The Kier molecular flexibility index (Phi) is 5.33. The maximum Gasteiger partial charge on any atom is 0.311 e. The summed E-state index contributed by atoms with van der Waals surface area (Å²) in [4.78, 5) is 11.4. The summed E-state index contributed by atoms with van der Waals surface area (Å²) in [5.41, 5.74) is -0.252. The van der Waals surface area contributed by atoms with E-state index < -0.39 is 0 Å². The number of ether oxygens (including phenoxy) is 1. The number of esters is 1. The highest BCUT2D eigenvalue weighted by molar-refractivity contribution is 5.85. The van der Waals surface area contributed by atoms with Gasteiger partial charge in [-0.1, -0.05) is 0 Å². The maximum atomic E-state index is 11.4. The van der Waals surface area contributed by atoms with Gasteiger partial charge in [-0.2, -0.15) is 0 Å². The molecule has 0 spiro atoms. The van der Waals surface area contributed by atoms with E-state index in [1.165, 1.54) is 7.11 Å². The highest BCUT2D eigenvalue weighted by Crippen LogP contribution is 2.29. The molecule has 1 aliphatic rings. The lowest BCUT2D eigenvalue weighted by Crippen LogP contribution is -2.30. The molecule has 1 N–H and O–H groups in total. The molecule has 0 radical (unpaired) electrons. The Hall–Kier alpha value is -0.280. The zero-order valence-corrected chi connectivity index (χ0v) is 9.08. The van der Waals surface area contributed by atoms with Crippen molar-refractivity contribution in [2.75, 3.05) is 20.2 Å². The Morgan fingerprint density at radius 1 is 1.38 bits per heavy atom. The Labute approximate surface area is 85.6 Å². The molecule has 0 bridgehead atoms. The summed E-state index contributed by atoms with van der Waals surface area (Å²) in [5, 5.41) is 3.27. The predicted molar refractivity (Wildman–Crippen MR) is 54.1 cm³/mol. The third kappa shape index (κ3) is 3.16. The summed E-state index contributed by atoms with van der Waals surface area (Å²) >= 11 is 0. The van der Waals surface area contributed by atoms with E-state index in [4.69, 9.17) is 4.74 Å². The number of hydrogen-bond donors (Lipinski definition) is 1. The van der Waals surface area contributed by atoms with Crippen molar-refractivity contribution < 1.29 is 9.53 Å². The fourth-order valence-corrected chi connectivity index (χ4v) is 1.67. The molecule has 0 aliphatic carbocycles. The predicted octanol–water partition coefficient (Wildman–Crippen LogP) is 1.36. The average molecular weight is 208 g/mol. The van der Waals surface area contributed by atoms with E-state index >= 15 is 0 Å². The number of carbonyl (C=O) groups excluding carboxylic acids is 1. The second-order valence-corrected chi connectivity index (χ2v) is 3.66. The molecule has 1 atom stereocenters. The molecule has 0 amide bonds. The third-order valence-electron chi connectivity index (χ3n) is 2.61. The van der Waals surface area contributed by atoms with Gasteiger partial charge in [0.2, 0.25) is 0 Å². The number of methoxy groups -OCH3 is 1. The minimum absolute atomic E-state index is 0. The lowest BCUT2D eigenvalue weighted by molar-refractivity contribution is -0.152. The Morgan fingerprint density at radius 3 is 2.69 bits per heavy atom. The largest absolute Gasteiger partial charge is 0.469 e. The van der Waals surface area contributed by atoms with Crippen molar-refractivity contribution in [1.82, 2.24) is 5.32 Å². The fourth-order valence-electron chi connectivity index (χ4n) is 1.67. The molecule has 1 fully saturated rings. The molecule has 78 valence electrons. The van der Waals surface area contributed by atoms with Crippen LogP contribution in [0, 0.1) is 5.41 Å². The Balaban J connectivity index is 0.00000144. The van der Waals surface area contributed by atoms with Crippen LogP contribution in [-0.2, 0) is 9.53 Å². The average Bonchev–Trinajstić information content (AvgIpc) is 2.29. The van der Waals surface area contributed by atoms with Crippen LogP contribution in [-0.4, -0.2) is 26.2 Å². The van der Waals surface area contributed by atoms with E-state index in [0.29, 0.717) is 0 Å². The van der Waals surface area contributed by atoms with Crippen molar-refractivity contribution in [3.05, 3.63) is 0 Å². The van der Waals surface area contributed by atoms with Gasteiger partial charge in [0, 0.05) is 0 Å². The lowest BCUT2D eigenvalue weighted by atomic mass is 9.83. The minimum Gasteiger partial charge on any atom is -0.469 e. The van der Waals surface area contributed by atoms with E-state index in [2.05, 4.69) is 5.32 Å². The van der Waals surface area contributed by atoms with Crippen molar-refractivity contribution in [3.63, 3.8) is 0 Å². The Morgan fingerprint density at radius 2 is 2.08 bits per heavy atom. The summed E-state index contributed by atoms with van der Waals surface area (Å²) in [6.07, 6.45) is 2.89. The summed E-state index contributed by atoms with van der Waals surface area (Å²) in [6.45, 7) is 3.93. The molecule has 4 heteroatoms. The molecule has 1 unspecified atom stereocenters. The molecule has 1 saturated heterocycles. The quantitative estimate of drug-likeness (QED) is 0.660. The highest BCUT2D eigenvalue weighted by Gasteiger charge is 2.34. The van der Waals surface area contributed by atoms with E-state index in [-0.39, 0.29) is 23.8 Å². The van der Waals surface area contributed by atoms with Crippen LogP contribution in [0.15, 0.2) is 0 Å². The normalized spacial score (nSPS) is 28.5. The van der Waals surface area contributed by atoms with Crippen LogP contribution < -0.4 is 5.32 Å². The SMILES string of the molecule is COC(=O)C1(C)CCCNCC1.Cl. The number of halogens is 1. The molecule has 0 aromatic heterocycles.